The highest BCUT2D eigenvalue weighted by atomic mass is 127. The highest BCUT2D eigenvalue weighted by molar-refractivity contribution is 14.0. The maximum atomic E-state index is 10.1. The van der Waals surface area contributed by atoms with Crippen LogP contribution in [0.15, 0.2) is 4.99 Å². The first kappa shape index (κ1) is 17.3. The highest BCUT2D eigenvalue weighted by Crippen LogP contribution is 2.42. The van der Waals surface area contributed by atoms with E-state index in [9.17, 15) is 5.11 Å². The van der Waals surface area contributed by atoms with Crippen molar-refractivity contribution >= 4 is 29.9 Å². The number of nitrogens with zero attached hydrogens (tertiary/aromatic N) is 1. The predicted molar refractivity (Wildman–Crippen MR) is 97.2 cm³/mol. The Labute approximate surface area is 145 Å². The maximum Gasteiger partial charge on any atom is 0.191 e. The normalized spacial score (nSPS) is 34.4. The molecule has 4 nitrogen and oxygen atoms in total. The van der Waals surface area contributed by atoms with Gasteiger partial charge in [-0.25, -0.2) is 0 Å². The van der Waals surface area contributed by atoms with Crippen LogP contribution in [0, 0.1) is 11.8 Å². The van der Waals surface area contributed by atoms with Gasteiger partial charge >= 0.3 is 0 Å². The van der Waals surface area contributed by atoms with E-state index in [1.165, 1.54) is 38.5 Å². The van der Waals surface area contributed by atoms with Crippen LogP contribution in [0.2, 0.25) is 0 Å². The van der Waals surface area contributed by atoms with Gasteiger partial charge in [0.25, 0.3) is 0 Å². The van der Waals surface area contributed by atoms with Crippen molar-refractivity contribution in [2.75, 3.05) is 13.6 Å². The summed E-state index contributed by atoms with van der Waals surface area (Å²) in [6.45, 7) is 0.630. The Kier molecular flexibility index (Phi) is 6.17. The molecule has 3 aliphatic rings. The summed E-state index contributed by atoms with van der Waals surface area (Å²) in [6.07, 6.45) is 11.3. The molecule has 3 unspecified atom stereocenters. The van der Waals surface area contributed by atoms with Gasteiger partial charge in [-0.05, 0) is 50.4 Å². The van der Waals surface area contributed by atoms with Crippen molar-refractivity contribution in [3.63, 3.8) is 0 Å². The lowest BCUT2D eigenvalue weighted by atomic mass is 9.79. The zero-order chi connectivity index (χ0) is 14.0. The van der Waals surface area contributed by atoms with E-state index in [4.69, 9.17) is 0 Å². The molecule has 3 aliphatic carbocycles. The fraction of sp³-hybridized carbons (Fsp3) is 0.938. The van der Waals surface area contributed by atoms with Crippen LogP contribution in [0.4, 0.5) is 0 Å². The lowest BCUT2D eigenvalue weighted by Gasteiger charge is -2.38. The third-order valence-corrected chi connectivity index (χ3v) is 5.72. The van der Waals surface area contributed by atoms with Crippen molar-refractivity contribution in [3.05, 3.63) is 0 Å². The van der Waals surface area contributed by atoms with Crippen LogP contribution in [0.1, 0.15) is 57.8 Å². The molecule has 3 saturated carbocycles. The molecule has 3 fully saturated rings. The molecule has 3 rings (SSSR count). The van der Waals surface area contributed by atoms with Crippen molar-refractivity contribution in [3.8, 4) is 0 Å². The smallest absolute Gasteiger partial charge is 0.191 e. The second-order valence-electron chi connectivity index (χ2n) is 7.11. The number of guanidine groups is 1. The summed E-state index contributed by atoms with van der Waals surface area (Å²) in [5, 5.41) is 17.0. The Bertz CT molecular complexity index is 371. The minimum Gasteiger partial charge on any atom is -0.388 e. The summed E-state index contributed by atoms with van der Waals surface area (Å²) in [4.78, 5) is 4.31. The molecule has 0 aromatic rings. The van der Waals surface area contributed by atoms with Crippen LogP contribution < -0.4 is 10.6 Å². The van der Waals surface area contributed by atoms with E-state index in [1.54, 1.807) is 0 Å². The first-order valence-electron chi connectivity index (χ1n) is 8.38. The van der Waals surface area contributed by atoms with Gasteiger partial charge in [0.15, 0.2) is 5.96 Å². The van der Waals surface area contributed by atoms with Crippen LogP contribution in [0.5, 0.6) is 0 Å². The average Bonchev–Trinajstić information content (AvgIpc) is 2.88. The maximum absolute atomic E-state index is 10.1. The standard InChI is InChI=1S/C16H29N3O.HI/c1-17-15(18-11-16(20)8-3-9-16)19-14-7-6-12-4-2-5-13(12)10-14;/h12-14,20H,2-11H2,1H3,(H2,17,18,19);1H. The Morgan fingerprint density at radius 1 is 1.14 bits per heavy atom. The van der Waals surface area contributed by atoms with Crippen LogP contribution >= 0.6 is 24.0 Å². The molecule has 0 amide bonds. The molecule has 0 spiro atoms. The molecule has 0 aliphatic heterocycles. The molecule has 0 saturated heterocycles. The molecular weight excluding hydrogens is 377 g/mol. The summed E-state index contributed by atoms with van der Waals surface area (Å²) < 4.78 is 0. The molecule has 5 heteroatoms. The molecule has 122 valence electrons. The summed E-state index contributed by atoms with van der Waals surface area (Å²) in [5.41, 5.74) is -0.485. The van der Waals surface area contributed by atoms with Gasteiger partial charge in [-0.2, -0.15) is 0 Å². The van der Waals surface area contributed by atoms with Gasteiger partial charge in [0.2, 0.25) is 0 Å². The number of hydrogen-bond acceptors (Lipinski definition) is 2. The van der Waals surface area contributed by atoms with Gasteiger partial charge in [0, 0.05) is 19.6 Å². The number of aliphatic imine (C=N–C) groups is 1. The number of fused-ring (bicyclic) bond motifs is 1. The Hall–Kier alpha value is -0.0400. The predicted octanol–water partition coefficient (Wildman–Crippen LogP) is 2.65. The first-order chi connectivity index (χ1) is 9.68. The molecule has 0 aromatic carbocycles. The van der Waals surface area contributed by atoms with Gasteiger partial charge < -0.3 is 15.7 Å². The van der Waals surface area contributed by atoms with E-state index in [-0.39, 0.29) is 24.0 Å². The molecule has 0 aromatic heterocycles. The van der Waals surface area contributed by atoms with Crippen molar-refractivity contribution in [1.29, 1.82) is 0 Å². The topological polar surface area (TPSA) is 56.7 Å². The monoisotopic (exact) mass is 407 g/mol. The average molecular weight is 407 g/mol. The molecule has 3 atom stereocenters. The van der Waals surface area contributed by atoms with E-state index in [0.29, 0.717) is 12.6 Å². The number of halogens is 1. The SMILES string of the molecule is CN=C(NCC1(O)CCC1)NC1CCC2CCCC2C1.I. The Morgan fingerprint density at radius 3 is 2.57 bits per heavy atom. The van der Waals surface area contributed by atoms with Crippen molar-refractivity contribution in [1.82, 2.24) is 10.6 Å². The highest BCUT2D eigenvalue weighted by Gasteiger charge is 2.36. The summed E-state index contributed by atoms with van der Waals surface area (Å²) >= 11 is 0. The minimum atomic E-state index is -0.485. The van der Waals surface area contributed by atoms with E-state index < -0.39 is 5.60 Å². The number of hydrogen-bond donors (Lipinski definition) is 3. The number of nitrogens with one attached hydrogen (secondary N) is 2. The third-order valence-electron chi connectivity index (χ3n) is 5.72. The summed E-state index contributed by atoms with van der Waals surface area (Å²) in [7, 11) is 1.82. The fourth-order valence-electron chi connectivity index (χ4n) is 4.23. The van der Waals surface area contributed by atoms with Gasteiger partial charge in [0.1, 0.15) is 0 Å². The van der Waals surface area contributed by atoms with Gasteiger partial charge in [-0.3, -0.25) is 4.99 Å². The lowest BCUT2D eigenvalue weighted by Crippen LogP contribution is -2.53. The molecule has 3 N–H and O–H groups in total. The molecular formula is C16H30IN3O. The second-order valence-corrected chi connectivity index (χ2v) is 7.11. The van der Waals surface area contributed by atoms with Crippen molar-refractivity contribution in [2.24, 2.45) is 16.8 Å². The van der Waals surface area contributed by atoms with Crippen LogP contribution in [0.25, 0.3) is 0 Å². The Morgan fingerprint density at radius 2 is 1.90 bits per heavy atom. The van der Waals surface area contributed by atoms with Crippen LogP contribution in [-0.4, -0.2) is 36.3 Å². The largest absolute Gasteiger partial charge is 0.388 e. The van der Waals surface area contributed by atoms with E-state index in [2.05, 4.69) is 15.6 Å². The van der Waals surface area contributed by atoms with E-state index >= 15 is 0 Å². The zero-order valence-electron chi connectivity index (χ0n) is 13.1. The lowest BCUT2D eigenvalue weighted by molar-refractivity contribution is -0.0279. The van der Waals surface area contributed by atoms with Crippen molar-refractivity contribution < 1.29 is 5.11 Å². The van der Waals surface area contributed by atoms with E-state index in [1.807, 2.05) is 7.05 Å². The fourth-order valence-corrected chi connectivity index (χ4v) is 4.23. The summed E-state index contributed by atoms with van der Waals surface area (Å²) in [5.74, 6) is 2.81. The number of aliphatic hydroxyl groups is 1. The second kappa shape index (κ2) is 7.49. The van der Waals surface area contributed by atoms with Crippen molar-refractivity contribution in [2.45, 2.75) is 69.4 Å². The molecule has 0 heterocycles. The number of rotatable bonds is 3. The van der Waals surface area contributed by atoms with Crippen LogP contribution in [0.3, 0.4) is 0 Å². The third kappa shape index (κ3) is 4.24. The minimum absolute atomic E-state index is 0. The zero-order valence-corrected chi connectivity index (χ0v) is 15.4. The molecule has 0 radical (unpaired) electrons. The Balaban J connectivity index is 0.00000161. The van der Waals surface area contributed by atoms with Gasteiger partial charge in [-0.1, -0.05) is 19.3 Å². The first-order valence-corrected chi connectivity index (χ1v) is 8.38. The summed E-state index contributed by atoms with van der Waals surface area (Å²) in [6, 6.07) is 0.566. The van der Waals surface area contributed by atoms with Gasteiger partial charge in [0.05, 0.1) is 5.60 Å². The van der Waals surface area contributed by atoms with E-state index in [0.717, 1.165) is 37.1 Å². The molecule has 0 bridgehead atoms. The van der Waals surface area contributed by atoms with Gasteiger partial charge in [-0.15, -0.1) is 24.0 Å². The molecule has 21 heavy (non-hydrogen) atoms. The van der Waals surface area contributed by atoms with Crippen LogP contribution in [-0.2, 0) is 0 Å². The quantitative estimate of drug-likeness (QED) is 0.383.